The number of rotatable bonds is 7. The number of amidine groups is 1. The number of allylic oxidation sites excluding steroid dienone is 2. The maximum Gasteiger partial charge on any atom is 0.258 e. The lowest BCUT2D eigenvalue weighted by Crippen LogP contribution is -2.43. The number of hydrogen-bond acceptors (Lipinski definition) is 7. The number of benzene rings is 1. The van der Waals surface area contributed by atoms with Gasteiger partial charge in [-0.1, -0.05) is 29.4 Å². The summed E-state index contributed by atoms with van der Waals surface area (Å²) in [5.41, 5.74) is 1.27. The Morgan fingerprint density at radius 2 is 2.02 bits per heavy atom. The molecule has 11 heteroatoms. The number of hydrogen-bond donors (Lipinski definition) is 2. The number of halogens is 1. The van der Waals surface area contributed by atoms with E-state index in [-0.39, 0.29) is 29.2 Å². The lowest BCUT2D eigenvalue weighted by Gasteiger charge is -2.31. The van der Waals surface area contributed by atoms with Crippen molar-refractivity contribution < 1.29 is 14.4 Å². The Morgan fingerprint density at radius 1 is 1.22 bits per heavy atom. The highest BCUT2D eigenvalue weighted by Crippen LogP contribution is 2.51. The third-order valence-electron chi connectivity index (χ3n) is 8.06. The van der Waals surface area contributed by atoms with Gasteiger partial charge in [-0.25, -0.2) is 4.99 Å². The summed E-state index contributed by atoms with van der Waals surface area (Å²) < 4.78 is 0. The Balaban J connectivity index is 1.49. The molecule has 0 radical (unpaired) electrons. The summed E-state index contributed by atoms with van der Waals surface area (Å²) in [6.45, 7) is 8.15. The van der Waals surface area contributed by atoms with Gasteiger partial charge in [0.1, 0.15) is 16.4 Å². The predicted molar refractivity (Wildman–Crippen MR) is 164 cm³/mol. The van der Waals surface area contributed by atoms with E-state index in [1.165, 1.54) is 25.1 Å². The smallest absolute Gasteiger partial charge is 0.258 e. The summed E-state index contributed by atoms with van der Waals surface area (Å²) in [7, 11) is 2.12. The van der Waals surface area contributed by atoms with Crippen LogP contribution in [0.4, 0.5) is 5.69 Å². The van der Waals surface area contributed by atoms with Crippen molar-refractivity contribution in [3.05, 3.63) is 57.4 Å². The SMILES string of the molecule is CC=C(/N=C1\C(=C/C)C(=O)C(C(=O)NCCC2CCCN2C)=C2Sc3ccc(Cl)cc3N21)N1CCC(NC(C)=O)C1. The summed E-state index contributed by atoms with van der Waals surface area (Å²) >= 11 is 7.81. The molecule has 4 heterocycles. The van der Waals surface area contributed by atoms with Crippen LogP contribution >= 0.6 is 23.4 Å². The number of aliphatic imine (C=N–C) groups is 1. The third kappa shape index (κ3) is 5.96. The van der Waals surface area contributed by atoms with E-state index in [0.29, 0.717) is 46.4 Å². The summed E-state index contributed by atoms with van der Waals surface area (Å²) in [5.74, 6) is 0.393. The molecule has 218 valence electrons. The van der Waals surface area contributed by atoms with E-state index in [1.807, 2.05) is 36.1 Å². The molecule has 4 aliphatic heterocycles. The number of carbonyl (C=O) groups is 3. The number of amides is 2. The number of nitrogens with one attached hydrogen (secondary N) is 2. The fraction of sp³-hybridized carbons (Fsp3) is 0.467. The zero-order chi connectivity index (χ0) is 29.3. The van der Waals surface area contributed by atoms with Gasteiger partial charge in [0.25, 0.3) is 5.91 Å². The largest absolute Gasteiger partial charge is 0.355 e. The molecule has 0 aromatic heterocycles. The first-order valence-electron chi connectivity index (χ1n) is 14.2. The topological polar surface area (TPSA) is 97.3 Å². The first-order chi connectivity index (χ1) is 19.7. The van der Waals surface area contributed by atoms with Crippen LogP contribution in [-0.2, 0) is 14.4 Å². The maximum absolute atomic E-state index is 14.0. The average Bonchev–Trinajstić information content (AvgIpc) is 3.65. The van der Waals surface area contributed by atoms with Crippen molar-refractivity contribution >= 4 is 52.5 Å². The van der Waals surface area contributed by atoms with Gasteiger partial charge >= 0.3 is 0 Å². The molecule has 4 aliphatic rings. The molecule has 0 bridgehead atoms. The molecular formula is C30H37ClN6O3S. The highest BCUT2D eigenvalue weighted by Gasteiger charge is 2.44. The standard InChI is InChI=1S/C30H37ClN6O3S/c1-5-22-27(39)26(29(40)32-13-11-21-8-7-14-35(21)4)30-37(23-16-19(31)9-10-24(23)41-30)28(22)34-25(6-2)36-15-12-20(17-36)33-18(3)38/h5-6,9-10,16,20-21H,7-8,11-15,17H2,1-4H3,(H,32,40)(H,33,38)/b22-5-,25-6?,34-28+. The van der Waals surface area contributed by atoms with Gasteiger partial charge in [-0.15, -0.1) is 0 Å². The number of nitrogens with zero attached hydrogens (tertiary/aromatic N) is 4. The van der Waals surface area contributed by atoms with Crippen LogP contribution in [0, 0.1) is 0 Å². The van der Waals surface area contributed by atoms with Gasteiger partial charge in [-0.05, 0) is 77.4 Å². The molecular weight excluding hydrogens is 560 g/mol. The van der Waals surface area contributed by atoms with Crippen LogP contribution in [0.5, 0.6) is 0 Å². The Bertz CT molecular complexity index is 1390. The second kappa shape index (κ2) is 12.4. The van der Waals surface area contributed by atoms with Gasteiger partial charge in [-0.2, -0.15) is 0 Å². The fourth-order valence-corrected chi connectivity index (χ4v) is 7.32. The highest BCUT2D eigenvalue weighted by atomic mass is 35.5. The van der Waals surface area contributed by atoms with Crippen molar-refractivity contribution in [1.29, 1.82) is 0 Å². The Labute approximate surface area is 250 Å². The fourth-order valence-electron chi connectivity index (χ4n) is 5.99. The van der Waals surface area contributed by atoms with E-state index >= 15 is 0 Å². The van der Waals surface area contributed by atoms with E-state index in [1.54, 1.807) is 13.0 Å². The lowest BCUT2D eigenvalue weighted by molar-refractivity contribution is -0.121. The van der Waals surface area contributed by atoms with Crippen LogP contribution in [0.15, 0.2) is 62.2 Å². The predicted octanol–water partition coefficient (Wildman–Crippen LogP) is 4.06. The number of thioether (sulfide) groups is 1. The average molecular weight is 597 g/mol. The molecule has 1 aromatic carbocycles. The normalized spacial score (nSPS) is 24.9. The van der Waals surface area contributed by atoms with Gasteiger partial charge in [0.15, 0.2) is 5.84 Å². The van der Waals surface area contributed by atoms with E-state index in [9.17, 15) is 14.4 Å². The minimum Gasteiger partial charge on any atom is -0.355 e. The van der Waals surface area contributed by atoms with Gasteiger partial charge in [0.05, 0.1) is 11.3 Å². The van der Waals surface area contributed by atoms with E-state index < -0.39 is 0 Å². The van der Waals surface area contributed by atoms with E-state index in [4.69, 9.17) is 16.6 Å². The van der Waals surface area contributed by atoms with Gasteiger partial charge in [0, 0.05) is 48.6 Å². The number of fused-ring (bicyclic) bond motifs is 3. The Hall–Kier alpha value is -3.08. The Morgan fingerprint density at radius 3 is 2.71 bits per heavy atom. The first-order valence-corrected chi connectivity index (χ1v) is 15.4. The summed E-state index contributed by atoms with van der Waals surface area (Å²) in [5, 5.41) is 7.11. The first kappa shape index (κ1) is 29.4. The Kier molecular flexibility index (Phi) is 8.91. The summed E-state index contributed by atoms with van der Waals surface area (Å²) in [6.07, 6.45) is 7.58. The van der Waals surface area contributed by atoms with Gasteiger partial charge in [-0.3, -0.25) is 19.3 Å². The van der Waals surface area contributed by atoms with Crippen molar-refractivity contribution in [3.8, 4) is 0 Å². The van der Waals surface area contributed by atoms with Crippen molar-refractivity contribution in [2.24, 2.45) is 4.99 Å². The van der Waals surface area contributed by atoms with Crippen LogP contribution < -0.4 is 15.5 Å². The van der Waals surface area contributed by atoms with Crippen LogP contribution in [0.25, 0.3) is 0 Å². The minimum atomic E-state index is -0.371. The summed E-state index contributed by atoms with van der Waals surface area (Å²) in [6, 6.07) is 6.04. The van der Waals surface area contributed by atoms with Crippen LogP contribution in [0.1, 0.15) is 46.5 Å². The number of likely N-dealkylation sites (tertiary alicyclic amines) is 2. The molecule has 5 rings (SSSR count). The van der Waals surface area contributed by atoms with Crippen molar-refractivity contribution in [2.45, 2.75) is 63.4 Å². The second-order valence-corrected chi connectivity index (χ2v) is 12.3. The molecule has 41 heavy (non-hydrogen) atoms. The number of ketones is 1. The quantitative estimate of drug-likeness (QED) is 0.362. The molecule has 0 spiro atoms. The molecule has 0 aliphatic carbocycles. The molecule has 2 N–H and O–H groups in total. The molecule has 2 atom stereocenters. The molecule has 1 aromatic rings. The zero-order valence-corrected chi connectivity index (χ0v) is 25.6. The van der Waals surface area contributed by atoms with E-state index in [0.717, 1.165) is 42.9 Å². The molecule has 2 unspecified atom stereocenters. The van der Waals surface area contributed by atoms with Crippen LogP contribution in [0.2, 0.25) is 5.02 Å². The van der Waals surface area contributed by atoms with Crippen LogP contribution in [0.3, 0.4) is 0 Å². The maximum atomic E-state index is 14.0. The van der Waals surface area contributed by atoms with Crippen LogP contribution in [-0.4, -0.2) is 78.5 Å². The molecule has 0 saturated carbocycles. The summed E-state index contributed by atoms with van der Waals surface area (Å²) in [4.78, 5) is 51.5. The minimum absolute atomic E-state index is 0.0356. The monoisotopic (exact) mass is 596 g/mol. The van der Waals surface area contributed by atoms with Crippen molar-refractivity contribution in [1.82, 2.24) is 20.4 Å². The molecule has 9 nitrogen and oxygen atoms in total. The number of anilines is 1. The zero-order valence-electron chi connectivity index (χ0n) is 24.0. The van der Waals surface area contributed by atoms with Gasteiger partial charge in [0.2, 0.25) is 11.7 Å². The molecule has 2 saturated heterocycles. The van der Waals surface area contributed by atoms with Crippen molar-refractivity contribution in [2.75, 3.05) is 38.1 Å². The third-order valence-corrected chi connectivity index (χ3v) is 9.44. The lowest BCUT2D eigenvalue weighted by atomic mass is 9.97. The highest BCUT2D eigenvalue weighted by molar-refractivity contribution is 8.04. The van der Waals surface area contributed by atoms with Gasteiger partial charge < -0.3 is 20.4 Å². The van der Waals surface area contributed by atoms with Crippen molar-refractivity contribution in [3.63, 3.8) is 0 Å². The number of Topliss-reactive ketones (excluding diaryl/α,β-unsaturated/α-hetero) is 1. The molecule has 2 amide bonds. The van der Waals surface area contributed by atoms with E-state index in [2.05, 4.69) is 27.5 Å². The number of carbonyl (C=O) groups excluding carboxylic acids is 3. The second-order valence-electron chi connectivity index (χ2n) is 10.8. The molecule has 2 fully saturated rings.